The fourth-order valence-electron chi connectivity index (χ4n) is 8.24. The van der Waals surface area contributed by atoms with Crippen molar-refractivity contribution < 1.29 is 29.5 Å². The summed E-state index contributed by atoms with van der Waals surface area (Å²) in [6, 6.07) is 21.0. The van der Waals surface area contributed by atoms with Crippen molar-refractivity contribution in [3.63, 3.8) is 0 Å². The molecular formula is C35H29ClN2O6. The molecule has 3 fully saturated rings. The largest absolute Gasteiger partial charge is 0.507 e. The van der Waals surface area contributed by atoms with Crippen molar-refractivity contribution in [2.45, 2.75) is 30.6 Å². The van der Waals surface area contributed by atoms with E-state index in [1.54, 1.807) is 48.5 Å². The summed E-state index contributed by atoms with van der Waals surface area (Å²) in [5, 5.41) is 22.7. The van der Waals surface area contributed by atoms with Crippen LogP contribution < -0.4 is 4.90 Å². The molecule has 9 heteroatoms. The van der Waals surface area contributed by atoms with Crippen LogP contribution in [0.3, 0.4) is 0 Å². The van der Waals surface area contributed by atoms with Crippen LogP contribution in [0.5, 0.6) is 5.75 Å². The molecule has 0 bridgehead atoms. The average molecular weight is 609 g/mol. The molecule has 6 atom stereocenters. The third kappa shape index (κ3) is 3.74. The molecular weight excluding hydrogens is 580 g/mol. The minimum atomic E-state index is -1.50. The molecule has 2 saturated heterocycles. The molecule has 0 radical (unpaired) electrons. The maximum absolute atomic E-state index is 15.1. The van der Waals surface area contributed by atoms with Crippen LogP contribution in [0.1, 0.15) is 35.4 Å². The van der Waals surface area contributed by atoms with E-state index in [4.69, 9.17) is 11.6 Å². The predicted molar refractivity (Wildman–Crippen MR) is 162 cm³/mol. The van der Waals surface area contributed by atoms with Crippen molar-refractivity contribution in [1.29, 1.82) is 0 Å². The highest BCUT2D eigenvalue weighted by Crippen LogP contribution is 2.65. The molecule has 0 aromatic heterocycles. The number of rotatable bonds is 5. The molecule has 2 aliphatic carbocycles. The summed E-state index contributed by atoms with van der Waals surface area (Å²) in [6.45, 7) is 3.81. The van der Waals surface area contributed by atoms with Crippen molar-refractivity contribution in [3.8, 4) is 5.75 Å². The van der Waals surface area contributed by atoms with Gasteiger partial charge in [-0.05, 0) is 54.5 Å². The minimum Gasteiger partial charge on any atom is -0.507 e. The standard InChI is InChI=1S/C35H29ClN2O6/c1-2-8-19-9-6-14-25(30(19)39)29-23-15-16-24-28(33(42)38(44)31(24)40)26(23)18-27-32(41)37(22-13-7-12-21(36)17-22)34(43)35(27,29)20-10-4-3-5-11-20/h2-7,9-15,17,24,26-29,39,44H,1,8,16,18H2/t24-,26+,27-,28-,29+,35+/m0/s1. The molecule has 8 nitrogen and oxygen atoms in total. The van der Waals surface area contributed by atoms with E-state index < -0.39 is 58.6 Å². The summed E-state index contributed by atoms with van der Waals surface area (Å²) in [5.74, 6) is -6.44. The third-order valence-electron chi connectivity index (χ3n) is 9.97. The third-order valence-corrected chi connectivity index (χ3v) is 10.2. The summed E-state index contributed by atoms with van der Waals surface area (Å²) in [4.78, 5) is 57.1. The summed E-state index contributed by atoms with van der Waals surface area (Å²) in [6.07, 6.45) is 4.19. The van der Waals surface area contributed by atoms with Crippen molar-refractivity contribution in [3.05, 3.63) is 119 Å². The molecule has 0 unspecified atom stereocenters. The second-order valence-electron chi connectivity index (χ2n) is 11.9. The van der Waals surface area contributed by atoms with Crippen molar-refractivity contribution in [1.82, 2.24) is 5.06 Å². The number of allylic oxidation sites excluding steroid dienone is 3. The molecule has 2 heterocycles. The fourth-order valence-corrected chi connectivity index (χ4v) is 8.42. The number of nitrogens with zero attached hydrogens (tertiary/aromatic N) is 2. The lowest BCUT2D eigenvalue weighted by Gasteiger charge is -2.50. The highest BCUT2D eigenvalue weighted by molar-refractivity contribution is 6.32. The average Bonchev–Trinajstić information content (AvgIpc) is 3.39. The van der Waals surface area contributed by atoms with Gasteiger partial charge in [0.25, 0.3) is 11.8 Å². The minimum absolute atomic E-state index is 0.0193. The number of imide groups is 2. The van der Waals surface area contributed by atoms with Gasteiger partial charge in [-0.1, -0.05) is 83.9 Å². The van der Waals surface area contributed by atoms with Gasteiger partial charge in [0.15, 0.2) is 0 Å². The fraction of sp³-hybridized carbons (Fsp3) is 0.257. The van der Waals surface area contributed by atoms with E-state index in [-0.39, 0.29) is 23.7 Å². The zero-order valence-electron chi connectivity index (χ0n) is 23.6. The Bertz CT molecular complexity index is 1790. The summed E-state index contributed by atoms with van der Waals surface area (Å²) in [5.41, 5.74) is 1.17. The number of halogens is 1. The normalized spacial score (nSPS) is 29.3. The smallest absolute Gasteiger partial charge is 0.257 e. The predicted octanol–water partition coefficient (Wildman–Crippen LogP) is 5.33. The van der Waals surface area contributed by atoms with E-state index in [2.05, 4.69) is 6.58 Å². The Morgan fingerprint density at radius 2 is 1.68 bits per heavy atom. The number of para-hydroxylation sites is 1. The van der Waals surface area contributed by atoms with Gasteiger partial charge in [-0.25, -0.2) is 4.90 Å². The first-order valence-electron chi connectivity index (χ1n) is 14.6. The number of aromatic hydroxyl groups is 1. The molecule has 4 amide bonds. The molecule has 3 aromatic carbocycles. The molecule has 44 heavy (non-hydrogen) atoms. The van der Waals surface area contributed by atoms with Crippen molar-refractivity contribution >= 4 is 40.9 Å². The quantitative estimate of drug-likeness (QED) is 0.230. The molecule has 0 spiro atoms. The topological polar surface area (TPSA) is 115 Å². The lowest BCUT2D eigenvalue weighted by molar-refractivity contribution is -0.173. The van der Waals surface area contributed by atoms with E-state index in [9.17, 15) is 24.7 Å². The van der Waals surface area contributed by atoms with E-state index in [1.165, 1.54) is 4.90 Å². The number of benzene rings is 3. The highest BCUT2D eigenvalue weighted by atomic mass is 35.5. The molecule has 1 saturated carbocycles. The van der Waals surface area contributed by atoms with Gasteiger partial charge in [0.05, 0.1) is 28.9 Å². The van der Waals surface area contributed by atoms with Crippen molar-refractivity contribution in [2.24, 2.45) is 23.7 Å². The first-order chi connectivity index (χ1) is 21.2. The van der Waals surface area contributed by atoms with Gasteiger partial charge in [-0.3, -0.25) is 24.4 Å². The summed E-state index contributed by atoms with van der Waals surface area (Å²) < 4.78 is 0. The number of anilines is 1. The monoisotopic (exact) mass is 608 g/mol. The Morgan fingerprint density at radius 3 is 2.41 bits per heavy atom. The Labute approximate surface area is 258 Å². The van der Waals surface area contributed by atoms with E-state index in [0.717, 1.165) is 0 Å². The van der Waals surface area contributed by atoms with Gasteiger partial charge in [0, 0.05) is 16.5 Å². The number of hydroxylamine groups is 2. The zero-order chi connectivity index (χ0) is 30.9. The van der Waals surface area contributed by atoms with Gasteiger partial charge in [0.2, 0.25) is 11.8 Å². The Balaban J connectivity index is 1.54. The van der Waals surface area contributed by atoms with Gasteiger partial charge < -0.3 is 5.11 Å². The lowest BCUT2D eigenvalue weighted by Crippen LogP contribution is -2.53. The van der Waals surface area contributed by atoms with E-state index in [0.29, 0.717) is 39.4 Å². The zero-order valence-corrected chi connectivity index (χ0v) is 24.4. The van der Waals surface area contributed by atoms with Crippen LogP contribution in [-0.4, -0.2) is 39.0 Å². The molecule has 2 aliphatic heterocycles. The number of carbonyl (C=O) groups excluding carboxylic acids is 4. The number of carbonyl (C=O) groups is 4. The van der Waals surface area contributed by atoms with Gasteiger partial charge >= 0.3 is 0 Å². The SMILES string of the molecule is C=CCc1cccc([C@H]2C3=CC[C@@H]4C(=O)N(O)C(=O)[C@@H]4[C@@H]3C[C@H]3C(=O)N(c4cccc(Cl)c4)C(=O)[C@@]23c2ccccc2)c1O. The number of hydrogen-bond acceptors (Lipinski definition) is 6. The molecule has 2 N–H and O–H groups in total. The second-order valence-corrected chi connectivity index (χ2v) is 12.4. The first-order valence-corrected chi connectivity index (χ1v) is 15.0. The van der Waals surface area contributed by atoms with Crippen LogP contribution in [0, 0.1) is 23.7 Å². The van der Waals surface area contributed by atoms with Crippen LogP contribution in [0.15, 0.2) is 97.1 Å². The Morgan fingerprint density at radius 1 is 0.932 bits per heavy atom. The summed E-state index contributed by atoms with van der Waals surface area (Å²) in [7, 11) is 0. The van der Waals surface area contributed by atoms with Crippen LogP contribution >= 0.6 is 11.6 Å². The molecule has 4 aliphatic rings. The van der Waals surface area contributed by atoms with Crippen LogP contribution in [-0.2, 0) is 31.0 Å². The maximum Gasteiger partial charge on any atom is 0.257 e. The van der Waals surface area contributed by atoms with Crippen molar-refractivity contribution in [2.75, 3.05) is 4.90 Å². The maximum atomic E-state index is 15.1. The molecule has 7 rings (SSSR count). The number of phenols is 1. The number of amides is 4. The second kappa shape index (κ2) is 10.3. The summed E-state index contributed by atoms with van der Waals surface area (Å²) >= 11 is 6.32. The highest BCUT2D eigenvalue weighted by Gasteiger charge is 2.70. The van der Waals surface area contributed by atoms with E-state index in [1.807, 2.05) is 36.4 Å². The van der Waals surface area contributed by atoms with Crippen LogP contribution in [0.4, 0.5) is 5.69 Å². The van der Waals surface area contributed by atoms with Crippen LogP contribution in [0.2, 0.25) is 5.02 Å². The van der Waals surface area contributed by atoms with Gasteiger partial charge in [0.1, 0.15) is 5.75 Å². The Kier molecular flexibility index (Phi) is 6.60. The van der Waals surface area contributed by atoms with Gasteiger partial charge in [-0.2, -0.15) is 5.06 Å². The molecule has 222 valence electrons. The molecule has 3 aromatic rings. The lowest BCUT2D eigenvalue weighted by atomic mass is 9.49. The van der Waals surface area contributed by atoms with E-state index >= 15 is 4.79 Å². The number of phenolic OH excluding ortho intramolecular Hbond substituents is 1. The number of fused-ring (bicyclic) bond motifs is 4. The first kappa shape index (κ1) is 28.3. The van der Waals surface area contributed by atoms with Gasteiger partial charge in [-0.15, -0.1) is 6.58 Å². The van der Waals surface area contributed by atoms with Crippen LogP contribution in [0.25, 0.3) is 0 Å². The Hall–Kier alpha value is -4.53. The number of hydrogen-bond donors (Lipinski definition) is 2.